The molecule has 4 fully saturated rings. The molecule has 2 heteroatoms. The predicted octanol–water partition coefficient (Wildman–Crippen LogP) is 15.7. The van der Waals surface area contributed by atoms with Crippen LogP contribution in [0.3, 0.4) is 0 Å². The van der Waals surface area contributed by atoms with E-state index < -0.39 is 0 Å². The van der Waals surface area contributed by atoms with Crippen molar-refractivity contribution in [2.75, 3.05) is 4.90 Å². The Labute approximate surface area is 353 Å². The van der Waals surface area contributed by atoms with E-state index in [9.17, 15) is 0 Å². The number of hydrogen-bond donors (Lipinski definition) is 0. The van der Waals surface area contributed by atoms with Gasteiger partial charge in [-0.05, 0) is 166 Å². The van der Waals surface area contributed by atoms with Crippen molar-refractivity contribution in [2.45, 2.75) is 150 Å². The van der Waals surface area contributed by atoms with Crippen molar-refractivity contribution in [3.05, 3.63) is 137 Å². The van der Waals surface area contributed by atoms with Crippen LogP contribution in [0.2, 0.25) is 0 Å². The second kappa shape index (κ2) is 12.6. The molecule has 1 aliphatic heterocycles. The molecule has 1 heterocycles. The molecule has 298 valence electrons. The van der Waals surface area contributed by atoms with Crippen LogP contribution in [0, 0.1) is 23.7 Å². The molecule has 5 aromatic rings. The highest BCUT2D eigenvalue weighted by molar-refractivity contribution is 7.99. The average molecular weight is 782 g/mol. The molecule has 4 bridgehead atoms. The first-order valence-corrected chi connectivity index (χ1v) is 23.6. The summed E-state index contributed by atoms with van der Waals surface area (Å²) in [5.74, 6) is 3.17. The zero-order valence-electron chi connectivity index (χ0n) is 36.3. The molecular weight excluding hydrogens is 719 g/mol. The number of rotatable bonds is 4. The van der Waals surface area contributed by atoms with Gasteiger partial charge in [-0.15, -0.1) is 0 Å². The number of nitrogens with zero attached hydrogens (tertiary/aromatic N) is 1. The molecule has 0 amide bonds. The predicted molar refractivity (Wildman–Crippen MR) is 246 cm³/mol. The third-order valence-electron chi connectivity index (χ3n) is 17.0. The lowest BCUT2D eigenvalue weighted by atomic mass is 9.42. The van der Waals surface area contributed by atoms with Gasteiger partial charge in [-0.2, -0.15) is 0 Å². The second-order valence-electron chi connectivity index (χ2n) is 22.2. The quantitative estimate of drug-likeness (QED) is 0.179. The highest BCUT2D eigenvalue weighted by atomic mass is 32.2. The van der Waals surface area contributed by atoms with Gasteiger partial charge in [-0.25, -0.2) is 0 Å². The van der Waals surface area contributed by atoms with Crippen molar-refractivity contribution >= 4 is 28.8 Å². The van der Waals surface area contributed by atoms with Crippen LogP contribution in [0.4, 0.5) is 17.1 Å². The van der Waals surface area contributed by atoms with E-state index in [1.807, 2.05) is 0 Å². The molecule has 0 atom stereocenters. The van der Waals surface area contributed by atoms with Gasteiger partial charge >= 0.3 is 0 Å². The third kappa shape index (κ3) is 5.21. The van der Waals surface area contributed by atoms with E-state index in [1.165, 1.54) is 107 Å². The Kier molecular flexibility index (Phi) is 8.12. The first-order chi connectivity index (χ1) is 27.7. The molecule has 5 aromatic carbocycles. The molecule has 1 nitrogen and oxygen atoms in total. The van der Waals surface area contributed by atoms with Gasteiger partial charge < -0.3 is 4.90 Å². The minimum absolute atomic E-state index is 0.0323. The van der Waals surface area contributed by atoms with Crippen LogP contribution < -0.4 is 4.90 Å². The number of hydrogen-bond acceptors (Lipinski definition) is 2. The monoisotopic (exact) mass is 781 g/mol. The van der Waals surface area contributed by atoms with Crippen molar-refractivity contribution in [3.8, 4) is 11.1 Å². The van der Waals surface area contributed by atoms with Crippen molar-refractivity contribution < 1.29 is 0 Å². The second-order valence-corrected chi connectivity index (χ2v) is 23.3. The van der Waals surface area contributed by atoms with Gasteiger partial charge in [0, 0.05) is 15.2 Å². The highest BCUT2D eigenvalue weighted by Gasteiger charge is 2.61. The maximum Gasteiger partial charge on any atom is 0.0604 e. The smallest absolute Gasteiger partial charge is 0.0604 e. The van der Waals surface area contributed by atoms with Crippen molar-refractivity contribution in [3.63, 3.8) is 0 Å². The summed E-state index contributed by atoms with van der Waals surface area (Å²) >= 11 is 2.10. The van der Waals surface area contributed by atoms with Gasteiger partial charge in [-0.1, -0.05) is 152 Å². The standard InChI is InChI=1S/C56H63NS/c1-52(2)26-28-54(5,6)48-41(52)19-13-23-45(48)57(46-24-14-20-42-49(46)55(7,8)29-27-53(42,3)4)47-25-15-22-44-51(47)58-50-40(37-16-10-9-11-17-37)18-12-21-43(50)56(44)38-31-35-30-36(33-38)34-39(56)32-35/h9-25,35-36,38-39H,26-34H2,1-8H3. The molecule has 0 aromatic heterocycles. The van der Waals surface area contributed by atoms with Crippen LogP contribution >= 0.6 is 11.8 Å². The lowest BCUT2D eigenvalue weighted by Gasteiger charge is -2.63. The minimum Gasteiger partial charge on any atom is -0.309 e. The lowest BCUT2D eigenvalue weighted by molar-refractivity contribution is -0.0443. The zero-order chi connectivity index (χ0) is 40.0. The summed E-state index contributed by atoms with van der Waals surface area (Å²) < 4.78 is 0. The molecule has 12 rings (SSSR count). The molecule has 0 radical (unpaired) electrons. The van der Waals surface area contributed by atoms with E-state index in [0.717, 1.165) is 11.8 Å². The summed E-state index contributed by atoms with van der Waals surface area (Å²) in [7, 11) is 0. The fraction of sp³-hybridized carbons (Fsp3) is 0.464. The number of anilines is 3. The van der Waals surface area contributed by atoms with E-state index in [-0.39, 0.29) is 27.1 Å². The summed E-state index contributed by atoms with van der Waals surface area (Å²) in [4.78, 5) is 5.84. The van der Waals surface area contributed by atoms with Gasteiger partial charge in [-0.3, -0.25) is 0 Å². The van der Waals surface area contributed by atoms with Crippen molar-refractivity contribution in [2.24, 2.45) is 23.7 Å². The molecule has 0 unspecified atom stereocenters. The highest BCUT2D eigenvalue weighted by Crippen LogP contribution is 2.71. The Hall–Kier alpha value is -3.75. The maximum atomic E-state index is 2.83. The summed E-state index contributed by atoms with van der Waals surface area (Å²) in [5, 5.41) is 0. The van der Waals surface area contributed by atoms with E-state index in [1.54, 1.807) is 22.3 Å². The molecule has 0 saturated heterocycles. The molecular formula is C56H63NS. The Bertz CT molecular complexity index is 2350. The topological polar surface area (TPSA) is 3.24 Å². The van der Waals surface area contributed by atoms with E-state index in [2.05, 4.69) is 175 Å². The average Bonchev–Trinajstić information content (AvgIpc) is 3.20. The molecule has 1 spiro atoms. The first kappa shape index (κ1) is 37.3. The van der Waals surface area contributed by atoms with Crippen molar-refractivity contribution in [1.29, 1.82) is 0 Å². The van der Waals surface area contributed by atoms with Gasteiger partial charge in [0.2, 0.25) is 0 Å². The van der Waals surface area contributed by atoms with Crippen LogP contribution in [0.1, 0.15) is 147 Å². The molecule has 4 saturated carbocycles. The fourth-order valence-corrected chi connectivity index (χ4v) is 15.6. The first-order valence-electron chi connectivity index (χ1n) is 22.8. The minimum atomic E-state index is 0.0323. The van der Waals surface area contributed by atoms with Crippen LogP contribution in [0.15, 0.2) is 113 Å². The summed E-state index contributed by atoms with van der Waals surface area (Å²) in [6.07, 6.45) is 11.8. The van der Waals surface area contributed by atoms with Crippen LogP contribution in [-0.4, -0.2) is 0 Å². The van der Waals surface area contributed by atoms with Gasteiger partial charge in [0.1, 0.15) is 0 Å². The summed E-state index contributed by atoms with van der Waals surface area (Å²) in [6, 6.07) is 41.0. The molecule has 7 aliphatic rings. The molecule has 58 heavy (non-hydrogen) atoms. The Morgan fingerprint density at radius 2 is 0.879 bits per heavy atom. The SMILES string of the molecule is CC1(C)CCC(C)(C)c2c(N(c3cccc4c3Sc3c(-c5ccccc5)cccc3C43C4CC5CC(C4)CC3C5)c3cccc4c3C(C)(C)CCC4(C)C)cccc21. The lowest BCUT2D eigenvalue weighted by Crippen LogP contribution is -2.57. The van der Waals surface area contributed by atoms with Gasteiger partial charge in [0.25, 0.3) is 0 Å². The van der Waals surface area contributed by atoms with Crippen molar-refractivity contribution in [1.82, 2.24) is 0 Å². The van der Waals surface area contributed by atoms with Crippen LogP contribution in [0.25, 0.3) is 11.1 Å². The molecule has 0 N–H and O–H groups in total. The van der Waals surface area contributed by atoms with Crippen LogP contribution in [-0.2, 0) is 27.1 Å². The fourth-order valence-electron chi connectivity index (χ4n) is 14.2. The normalized spacial score (nSPS) is 28.6. The van der Waals surface area contributed by atoms with E-state index in [0.29, 0.717) is 11.8 Å². The van der Waals surface area contributed by atoms with Gasteiger partial charge in [0.15, 0.2) is 0 Å². The van der Waals surface area contributed by atoms with E-state index in [4.69, 9.17) is 0 Å². The van der Waals surface area contributed by atoms with E-state index >= 15 is 0 Å². The Morgan fingerprint density at radius 1 is 0.431 bits per heavy atom. The Morgan fingerprint density at radius 3 is 1.41 bits per heavy atom. The maximum absolute atomic E-state index is 2.83. The van der Waals surface area contributed by atoms with Gasteiger partial charge in [0.05, 0.1) is 17.1 Å². The summed E-state index contributed by atoms with van der Waals surface area (Å²) in [5.41, 5.74) is 16.6. The number of fused-ring (bicyclic) bond motifs is 4. The number of benzene rings is 5. The summed E-state index contributed by atoms with van der Waals surface area (Å²) in [6.45, 7) is 20.1. The van der Waals surface area contributed by atoms with Crippen LogP contribution in [0.5, 0.6) is 0 Å². The largest absolute Gasteiger partial charge is 0.309 e. The molecule has 6 aliphatic carbocycles. The Balaban J connectivity index is 1.25. The zero-order valence-corrected chi connectivity index (χ0v) is 37.2. The third-order valence-corrected chi connectivity index (χ3v) is 18.3.